The SMILES string of the molecule is CC(=O)C(Nc1nn[nH]n1)c1ccccc1O. The number of Topliss-reactive ketones (excluding diaryl/α,β-unsaturated/α-hetero) is 1. The van der Waals surface area contributed by atoms with Gasteiger partial charge in [0.1, 0.15) is 11.8 Å². The predicted octanol–water partition coefficient (Wildman–Crippen LogP) is 0.647. The van der Waals surface area contributed by atoms with Gasteiger partial charge in [-0.3, -0.25) is 4.79 Å². The average molecular weight is 233 g/mol. The number of phenolic OH excluding ortho intramolecular Hbond substituents is 1. The van der Waals surface area contributed by atoms with Crippen molar-refractivity contribution >= 4 is 11.7 Å². The van der Waals surface area contributed by atoms with E-state index in [1.165, 1.54) is 13.0 Å². The Hall–Kier alpha value is -2.44. The van der Waals surface area contributed by atoms with Crippen LogP contribution in [0.15, 0.2) is 24.3 Å². The second-order valence-electron chi connectivity index (χ2n) is 3.48. The number of nitrogens with one attached hydrogen (secondary N) is 2. The zero-order valence-electron chi connectivity index (χ0n) is 9.08. The van der Waals surface area contributed by atoms with Crippen LogP contribution in [0, 0.1) is 0 Å². The Kier molecular flexibility index (Phi) is 2.99. The zero-order valence-corrected chi connectivity index (χ0v) is 9.08. The fraction of sp³-hybridized carbons (Fsp3) is 0.200. The molecular formula is C10H11N5O2. The summed E-state index contributed by atoms with van der Waals surface area (Å²) in [7, 11) is 0. The van der Waals surface area contributed by atoms with Crippen LogP contribution in [0.25, 0.3) is 0 Å². The van der Waals surface area contributed by atoms with Crippen LogP contribution in [0.5, 0.6) is 5.75 Å². The van der Waals surface area contributed by atoms with Crippen LogP contribution < -0.4 is 5.32 Å². The summed E-state index contributed by atoms with van der Waals surface area (Å²) in [6, 6.07) is 5.90. The van der Waals surface area contributed by atoms with Crippen molar-refractivity contribution in [1.82, 2.24) is 20.6 Å². The summed E-state index contributed by atoms with van der Waals surface area (Å²) in [6.07, 6.45) is 0. The first-order chi connectivity index (χ1) is 8.18. The number of phenols is 1. The molecule has 1 aromatic heterocycles. The summed E-state index contributed by atoms with van der Waals surface area (Å²) in [5.74, 6) is 0.0912. The zero-order chi connectivity index (χ0) is 12.3. The molecule has 1 heterocycles. The fourth-order valence-corrected chi connectivity index (χ4v) is 1.48. The summed E-state index contributed by atoms with van der Waals surface area (Å²) < 4.78 is 0. The summed E-state index contributed by atoms with van der Waals surface area (Å²) in [6.45, 7) is 1.42. The number of aromatic hydroxyl groups is 1. The maximum atomic E-state index is 11.6. The quantitative estimate of drug-likeness (QED) is 0.716. The number of nitrogens with zero attached hydrogens (tertiary/aromatic N) is 3. The third-order valence-electron chi connectivity index (χ3n) is 2.27. The molecule has 88 valence electrons. The van der Waals surface area contributed by atoms with Crippen molar-refractivity contribution < 1.29 is 9.90 Å². The molecule has 3 N–H and O–H groups in total. The fourth-order valence-electron chi connectivity index (χ4n) is 1.48. The lowest BCUT2D eigenvalue weighted by atomic mass is 10.0. The van der Waals surface area contributed by atoms with E-state index < -0.39 is 6.04 Å². The Bertz CT molecular complexity index is 511. The number of carbonyl (C=O) groups is 1. The number of para-hydroxylation sites is 1. The first-order valence-electron chi connectivity index (χ1n) is 4.97. The number of aromatic nitrogens is 4. The molecule has 0 aliphatic heterocycles. The monoisotopic (exact) mass is 233 g/mol. The molecule has 17 heavy (non-hydrogen) atoms. The third kappa shape index (κ3) is 2.39. The molecule has 0 aliphatic carbocycles. The first-order valence-corrected chi connectivity index (χ1v) is 4.97. The number of ketones is 1. The normalized spacial score (nSPS) is 12.1. The molecule has 0 saturated heterocycles. The van der Waals surface area contributed by atoms with Crippen LogP contribution in [-0.4, -0.2) is 31.5 Å². The molecule has 0 amide bonds. The summed E-state index contributed by atoms with van der Waals surface area (Å²) in [5.41, 5.74) is 0.477. The van der Waals surface area contributed by atoms with Gasteiger partial charge in [-0.2, -0.15) is 5.21 Å². The number of anilines is 1. The highest BCUT2D eigenvalue weighted by Gasteiger charge is 2.20. The van der Waals surface area contributed by atoms with E-state index >= 15 is 0 Å². The average Bonchev–Trinajstić information content (AvgIpc) is 2.79. The topological polar surface area (TPSA) is 104 Å². The van der Waals surface area contributed by atoms with Gasteiger partial charge in [-0.15, -0.1) is 5.10 Å². The van der Waals surface area contributed by atoms with Gasteiger partial charge in [-0.25, -0.2) is 0 Å². The van der Waals surface area contributed by atoms with Crippen LogP contribution in [0.2, 0.25) is 0 Å². The van der Waals surface area contributed by atoms with E-state index in [-0.39, 0.29) is 17.5 Å². The number of hydrogen-bond acceptors (Lipinski definition) is 6. The molecular weight excluding hydrogens is 222 g/mol. The number of benzene rings is 1. The minimum absolute atomic E-state index is 0.0451. The van der Waals surface area contributed by atoms with Crippen molar-refractivity contribution in [3.05, 3.63) is 29.8 Å². The lowest BCUT2D eigenvalue weighted by Crippen LogP contribution is -2.19. The van der Waals surface area contributed by atoms with Gasteiger partial charge in [0, 0.05) is 5.56 Å². The van der Waals surface area contributed by atoms with Crippen molar-refractivity contribution in [2.24, 2.45) is 0 Å². The van der Waals surface area contributed by atoms with Crippen molar-refractivity contribution in [2.45, 2.75) is 13.0 Å². The van der Waals surface area contributed by atoms with Gasteiger partial charge in [0.05, 0.1) is 0 Å². The molecule has 2 aromatic rings. The molecule has 1 unspecified atom stereocenters. The van der Waals surface area contributed by atoms with Gasteiger partial charge in [0.25, 0.3) is 5.95 Å². The molecule has 7 nitrogen and oxygen atoms in total. The highest BCUT2D eigenvalue weighted by molar-refractivity contribution is 5.86. The summed E-state index contributed by atoms with van der Waals surface area (Å²) >= 11 is 0. The summed E-state index contributed by atoms with van der Waals surface area (Å²) in [5, 5.41) is 25.5. The molecule has 0 saturated carbocycles. The first kappa shape index (κ1) is 11.1. The molecule has 0 aliphatic rings. The van der Waals surface area contributed by atoms with E-state index in [9.17, 15) is 9.90 Å². The molecule has 0 fully saturated rings. The molecule has 0 spiro atoms. The van der Waals surface area contributed by atoms with Crippen molar-refractivity contribution in [3.8, 4) is 5.75 Å². The molecule has 1 aromatic carbocycles. The number of rotatable bonds is 4. The van der Waals surface area contributed by atoms with E-state index in [1.807, 2.05) is 0 Å². The van der Waals surface area contributed by atoms with Gasteiger partial charge < -0.3 is 10.4 Å². The van der Waals surface area contributed by atoms with Crippen LogP contribution in [0.3, 0.4) is 0 Å². The number of H-pyrrole nitrogens is 1. The summed E-state index contributed by atoms with van der Waals surface area (Å²) in [4.78, 5) is 11.6. The Morgan fingerprint density at radius 2 is 2.24 bits per heavy atom. The Labute approximate surface area is 96.9 Å². The second-order valence-corrected chi connectivity index (χ2v) is 3.48. The molecule has 2 rings (SSSR count). The van der Waals surface area contributed by atoms with Gasteiger partial charge in [-0.1, -0.05) is 23.3 Å². The van der Waals surface area contributed by atoms with Crippen LogP contribution in [0.4, 0.5) is 5.95 Å². The molecule has 0 bridgehead atoms. The molecule has 7 heteroatoms. The third-order valence-corrected chi connectivity index (χ3v) is 2.27. The van der Waals surface area contributed by atoms with E-state index in [0.717, 1.165) is 0 Å². The Morgan fingerprint density at radius 1 is 1.47 bits per heavy atom. The van der Waals surface area contributed by atoms with Crippen LogP contribution >= 0.6 is 0 Å². The smallest absolute Gasteiger partial charge is 0.264 e. The lowest BCUT2D eigenvalue weighted by Gasteiger charge is -2.15. The van der Waals surface area contributed by atoms with E-state index in [2.05, 4.69) is 25.9 Å². The van der Waals surface area contributed by atoms with Gasteiger partial charge >= 0.3 is 0 Å². The van der Waals surface area contributed by atoms with Crippen LogP contribution in [0.1, 0.15) is 18.5 Å². The largest absolute Gasteiger partial charge is 0.508 e. The van der Waals surface area contributed by atoms with Gasteiger partial charge in [-0.05, 0) is 18.2 Å². The standard InChI is InChI=1S/C10H11N5O2/c1-6(16)9(11-10-12-14-15-13-10)7-4-2-3-5-8(7)17/h2-5,9,17H,1H3,(H2,11,12,13,14,15). The van der Waals surface area contributed by atoms with E-state index in [4.69, 9.17) is 0 Å². The maximum absolute atomic E-state index is 11.6. The molecule has 1 atom stereocenters. The lowest BCUT2D eigenvalue weighted by molar-refractivity contribution is -0.117. The van der Waals surface area contributed by atoms with Crippen molar-refractivity contribution in [2.75, 3.05) is 5.32 Å². The van der Waals surface area contributed by atoms with Crippen LogP contribution in [-0.2, 0) is 4.79 Å². The predicted molar refractivity (Wildman–Crippen MR) is 59.3 cm³/mol. The number of tetrazole rings is 1. The van der Waals surface area contributed by atoms with Gasteiger partial charge in [0.2, 0.25) is 0 Å². The second kappa shape index (κ2) is 4.60. The number of carbonyl (C=O) groups excluding carboxylic acids is 1. The highest BCUT2D eigenvalue weighted by atomic mass is 16.3. The van der Waals surface area contributed by atoms with E-state index in [1.54, 1.807) is 18.2 Å². The van der Waals surface area contributed by atoms with Crippen molar-refractivity contribution in [3.63, 3.8) is 0 Å². The number of hydrogen-bond donors (Lipinski definition) is 3. The van der Waals surface area contributed by atoms with E-state index in [0.29, 0.717) is 5.56 Å². The van der Waals surface area contributed by atoms with Crippen molar-refractivity contribution in [1.29, 1.82) is 0 Å². The minimum Gasteiger partial charge on any atom is -0.508 e. The maximum Gasteiger partial charge on any atom is 0.264 e. The number of aromatic amines is 1. The Morgan fingerprint density at radius 3 is 2.82 bits per heavy atom. The minimum atomic E-state index is -0.700. The molecule has 0 radical (unpaired) electrons. The highest BCUT2D eigenvalue weighted by Crippen LogP contribution is 2.26. The van der Waals surface area contributed by atoms with Gasteiger partial charge in [0.15, 0.2) is 5.78 Å². The Balaban J connectivity index is 2.30.